The number of pyridine rings is 1. The molecule has 1 aromatic heterocycles. The van der Waals surface area contributed by atoms with Gasteiger partial charge in [0.25, 0.3) is 5.91 Å². The van der Waals surface area contributed by atoms with Gasteiger partial charge in [-0.3, -0.25) is 4.79 Å². The first kappa shape index (κ1) is 14.4. The molecular weight excluding hydrogens is 307 g/mol. The second-order valence-electron chi connectivity index (χ2n) is 5.03. The van der Waals surface area contributed by atoms with Gasteiger partial charge in [0.05, 0.1) is 11.1 Å². The lowest BCUT2D eigenvalue weighted by Crippen LogP contribution is -2.31. The highest BCUT2D eigenvalue weighted by atomic mass is 35.5. The maximum atomic E-state index is 12.7. The van der Waals surface area contributed by atoms with E-state index in [1.165, 1.54) is 0 Å². The van der Waals surface area contributed by atoms with E-state index in [0.29, 0.717) is 11.6 Å². The molecule has 0 spiro atoms. The van der Waals surface area contributed by atoms with E-state index in [2.05, 4.69) is 4.98 Å². The van der Waals surface area contributed by atoms with Crippen LogP contribution in [0.5, 0.6) is 0 Å². The minimum Gasteiger partial charge on any atom is -0.330 e. The smallest absolute Gasteiger partial charge is 0.274 e. The van der Waals surface area contributed by atoms with Crippen LogP contribution in [0.3, 0.4) is 0 Å². The Kier molecular flexibility index (Phi) is 4.13. The van der Waals surface area contributed by atoms with Crippen LogP contribution in [-0.4, -0.2) is 22.3 Å². The average Bonchev–Trinajstić information content (AvgIpc) is 2.99. The van der Waals surface area contributed by atoms with Crippen molar-refractivity contribution in [2.75, 3.05) is 6.54 Å². The third-order valence-electron chi connectivity index (χ3n) is 3.71. The monoisotopic (exact) mass is 320 g/mol. The molecule has 0 N–H and O–H groups in total. The largest absolute Gasteiger partial charge is 0.330 e. The number of aromatic nitrogens is 1. The van der Waals surface area contributed by atoms with Gasteiger partial charge in [-0.25, -0.2) is 4.98 Å². The van der Waals surface area contributed by atoms with Crippen LogP contribution in [0, 0.1) is 0 Å². The topological polar surface area (TPSA) is 33.2 Å². The standard InChI is InChI=1S/C16H14Cl2N2O/c17-12-8-9-14(18)19-15(12)16(21)20-10-4-7-13(20)11-5-2-1-3-6-11/h1-3,5-6,8-9,13H,4,7,10H2/t13-/m0/s1. The Morgan fingerprint density at radius 3 is 2.67 bits per heavy atom. The molecule has 3 rings (SSSR count). The maximum absolute atomic E-state index is 12.7. The van der Waals surface area contributed by atoms with Crippen LogP contribution in [0.25, 0.3) is 0 Å². The minimum atomic E-state index is -0.158. The van der Waals surface area contributed by atoms with E-state index in [4.69, 9.17) is 23.2 Å². The molecule has 1 aromatic carbocycles. The van der Waals surface area contributed by atoms with E-state index >= 15 is 0 Å². The van der Waals surface area contributed by atoms with Crippen molar-refractivity contribution in [2.24, 2.45) is 0 Å². The highest BCUT2D eigenvalue weighted by molar-refractivity contribution is 6.34. The van der Waals surface area contributed by atoms with E-state index < -0.39 is 0 Å². The van der Waals surface area contributed by atoms with Crippen molar-refractivity contribution in [3.8, 4) is 0 Å². The van der Waals surface area contributed by atoms with Gasteiger partial charge in [0.15, 0.2) is 0 Å². The van der Waals surface area contributed by atoms with E-state index in [1.807, 2.05) is 35.2 Å². The quantitative estimate of drug-likeness (QED) is 0.770. The first-order valence-electron chi connectivity index (χ1n) is 6.85. The first-order chi connectivity index (χ1) is 10.2. The van der Waals surface area contributed by atoms with Gasteiger partial charge in [-0.1, -0.05) is 53.5 Å². The molecule has 108 valence electrons. The van der Waals surface area contributed by atoms with Crippen LogP contribution in [0.2, 0.25) is 10.2 Å². The lowest BCUT2D eigenvalue weighted by molar-refractivity contribution is 0.0730. The third-order valence-corrected chi connectivity index (χ3v) is 4.23. The van der Waals surface area contributed by atoms with E-state index in [9.17, 15) is 4.79 Å². The highest BCUT2D eigenvalue weighted by Crippen LogP contribution is 2.33. The van der Waals surface area contributed by atoms with Gasteiger partial charge < -0.3 is 4.90 Å². The second-order valence-corrected chi connectivity index (χ2v) is 5.83. The molecule has 2 heterocycles. The van der Waals surface area contributed by atoms with Gasteiger partial charge in [-0.05, 0) is 30.5 Å². The lowest BCUT2D eigenvalue weighted by atomic mass is 10.0. The number of halogens is 2. The predicted molar refractivity (Wildman–Crippen MR) is 83.7 cm³/mol. The maximum Gasteiger partial charge on any atom is 0.274 e. The van der Waals surface area contributed by atoms with E-state index in [-0.39, 0.29) is 22.8 Å². The number of carbonyl (C=O) groups is 1. The third kappa shape index (κ3) is 2.89. The van der Waals surface area contributed by atoms with Crippen LogP contribution in [0.15, 0.2) is 42.5 Å². The molecule has 1 aliphatic heterocycles. The van der Waals surface area contributed by atoms with Crippen LogP contribution >= 0.6 is 23.2 Å². The highest BCUT2D eigenvalue weighted by Gasteiger charge is 2.32. The lowest BCUT2D eigenvalue weighted by Gasteiger charge is -2.25. The molecule has 0 aliphatic carbocycles. The Morgan fingerprint density at radius 2 is 1.90 bits per heavy atom. The van der Waals surface area contributed by atoms with Crippen molar-refractivity contribution >= 4 is 29.1 Å². The molecule has 1 amide bonds. The molecule has 1 atom stereocenters. The van der Waals surface area contributed by atoms with Crippen LogP contribution in [0.4, 0.5) is 0 Å². The molecule has 0 saturated carbocycles. The number of amides is 1. The zero-order valence-electron chi connectivity index (χ0n) is 11.3. The number of rotatable bonds is 2. The molecule has 0 unspecified atom stereocenters. The fourth-order valence-electron chi connectivity index (χ4n) is 2.74. The summed E-state index contributed by atoms with van der Waals surface area (Å²) in [5.41, 5.74) is 1.37. The van der Waals surface area contributed by atoms with Crippen molar-refractivity contribution in [3.05, 3.63) is 63.9 Å². The SMILES string of the molecule is O=C(c1nc(Cl)ccc1Cl)N1CCC[C@H]1c1ccccc1. The Hall–Kier alpha value is -1.58. The van der Waals surface area contributed by atoms with Crippen molar-refractivity contribution < 1.29 is 4.79 Å². The summed E-state index contributed by atoms with van der Waals surface area (Å²) in [6.07, 6.45) is 1.93. The summed E-state index contributed by atoms with van der Waals surface area (Å²) >= 11 is 12.0. The minimum absolute atomic E-state index is 0.0792. The summed E-state index contributed by atoms with van der Waals surface area (Å²) in [7, 11) is 0. The zero-order valence-corrected chi connectivity index (χ0v) is 12.8. The number of benzene rings is 1. The van der Waals surface area contributed by atoms with Gasteiger partial charge in [-0.15, -0.1) is 0 Å². The van der Waals surface area contributed by atoms with Crippen LogP contribution < -0.4 is 0 Å². The van der Waals surface area contributed by atoms with Gasteiger partial charge >= 0.3 is 0 Å². The molecule has 5 heteroatoms. The van der Waals surface area contributed by atoms with Gasteiger partial charge in [0.1, 0.15) is 10.8 Å². The summed E-state index contributed by atoms with van der Waals surface area (Å²) < 4.78 is 0. The number of hydrogen-bond donors (Lipinski definition) is 0. The molecule has 2 aromatic rings. The Balaban J connectivity index is 1.92. The molecule has 3 nitrogen and oxygen atoms in total. The zero-order chi connectivity index (χ0) is 14.8. The summed E-state index contributed by atoms with van der Waals surface area (Å²) in [5, 5.41) is 0.612. The van der Waals surface area contributed by atoms with Crippen molar-refractivity contribution in [3.63, 3.8) is 0 Å². The van der Waals surface area contributed by atoms with Gasteiger partial charge in [-0.2, -0.15) is 0 Å². The molecule has 1 aliphatic rings. The molecule has 21 heavy (non-hydrogen) atoms. The molecule has 1 fully saturated rings. The van der Waals surface area contributed by atoms with Crippen molar-refractivity contribution in [1.82, 2.24) is 9.88 Å². The molecule has 1 saturated heterocycles. The normalized spacial score (nSPS) is 18.0. The number of nitrogens with zero attached hydrogens (tertiary/aromatic N) is 2. The van der Waals surface area contributed by atoms with Gasteiger partial charge in [0, 0.05) is 6.54 Å². The van der Waals surface area contributed by atoms with E-state index in [1.54, 1.807) is 12.1 Å². The fourth-order valence-corrected chi connectivity index (χ4v) is 3.07. The van der Waals surface area contributed by atoms with Crippen molar-refractivity contribution in [1.29, 1.82) is 0 Å². The molecular formula is C16H14Cl2N2O. The summed E-state index contributed by atoms with van der Waals surface area (Å²) in [6.45, 7) is 0.711. The second kappa shape index (κ2) is 6.04. The van der Waals surface area contributed by atoms with Gasteiger partial charge in [0.2, 0.25) is 0 Å². The van der Waals surface area contributed by atoms with Crippen molar-refractivity contribution in [2.45, 2.75) is 18.9 Å². The predicted octanol–water partition coefficient (Wildman–Crippen LogP) is 4.37. The van der Waals surface area contributed by atoms with Crippen LogP contribution in [0.1, 0.15) is 34.9 Å². The molecule has 0 bridgehead atoms. The average molecular weight is 321 g/mol. The number of carbonyl (C=O) groups excluding carboxylic acids is 1. The Morgan fingerprint density at radius 1 is 1.14 bits per heavy atom. The Bertz CT molecular complexity index is 661. The summed E-state index contributed by atoms with van der Waals surface area (Å²) in [5.74, 6) is -0.158. The molecule has 0 radical (unpaired) electrons. The van der Waals surface area contributed by atoms with E-state index in [0.717, 1.165) is 18.4 Å². The number of likely N-dealkylation sites (tertiary alicyclic amines) is 1. The Labute approximate surface area is 133 Å². The fraction of sp³-hybridized carbons (Fsp3) is 0.250. The number of hydrogen-bond acceptors (Lipinski definition) is 2. The summed E-state index contributed by atoms with van der Waals surface area (Å²) in [4.78, 5) is 18.6. The summed E-state index contributed by atoms with van der Waals surface area (Å²) in [6, 6.07) is 13.3. The van der Waals surface area contributed by atoms with Crippen LogP contribution in [-0.2, 0) is 0 Å². The first-order valence-corrected chi connectivity index (χ1v) is 7.60.